The van der Waals surface area contributed by atoms with E-state index in [1.807, 2.05) is 60.7 Å². The van der Waals surface area contributed by atoms with E-state index in [0.717, 1.165) is 27.3 Å². The minimum Gasteiger partial charge on any atom is -0.493 e. The Kier molecular flexibility index (Phi) is 11.6. The van der Waals surface area contributed by atoms with Crippen LogP contribution in [0.5, 0.6) is 28.7 Å². The monoisotopic (exact) mass is 827 g/mol. The molecule has 0 bridgehead atoms. The Morgan fingerprint density at radius 2 is 1.72 bits per heavy atom. The predicted octanol–water partition coefficient (Wildman–Crippen LogP) is -0.0641. The highest BCUT2D eigenvalue weighted by molar-refractivity contribution is 5.90. The molecule has 0 aliphatic carbocycles. The summed E-state index contributed by atoms with van der Waals surface area (Å²) in [6, 6.07) is 24.5. The molecule has 0 spiro atoms. The first-order chi connectivity index (χ1) is 29.0. The molecule has 0 unspecified atom stereocenters. The van der Waals surface area contributed by atoms with Crippen molar-refractivity contribution in [1.29, 1.82) is 0 Å². The van der Waals surface area contributed by atoms with Gasteiger partial charge in [-0.05, 0) is 34.9 Å². The lowest BCUT2D eigenvalue weighted by molar-refractivity contribution is -0.291. The lowest BCUT2D eigenvalue weighted by atomic mass is 9.79. The summed E-state index contributed by atoms with van der Waals surface area (Å²) in [5, 5.41) is 53.6. The fraction of sp³-hybridized carbons (Fsp3) is 0.372. The number of carboxylic acid groups (broad SMARTS) is 1. The lowest BCUT2D eigenvalue weighted by Crippen LogP contribution is -2.66. The van der Waals surface area contributed by atoms with Gasteiger partial charge in [0.2, 0.25) is 12.0 Å². The second kappa shape index (κ2) is 17.1. The average molecular weight is 828 g/mol. The maximum Gasteiger partial charge on any atom is 0.317 e. The molecule has 0 amide bonds. The van der Waals surface area contributed by atoms with Gasteiger partial charge in [-0.25, -0.2) is 0 Å². The topological polar surface area (TPSA) is 264 Å². The number of carboxylic acids is 1. The van der Waals surface area contributed by atoms with Gasteiger partial charge in [-0.2, -0.15) is 0 Å². The average Bonchev–Trinajstić information content (AvgIpc) is 3.84. The van der Waals surface area contributed by atoms with E-state index in [9.17, 15) is 30.0 Å². The molecule has 4 aliphatic heterocycles. The summed E-state index contributed by atoms with van der Waals surface area (Å²) in [5.41, 5.74) is 15.8. The van der Waals surface area contributed by atoms with Gasteiger partial charge < -0.3 is 70.2 Å². The molecule has 4 heterocycles. The molecule has 0 radical (unpaired) electrons. The predicted molar refractivity (Wildman–Crippen MR) is 209 cm³/mol. The number of benzene rings is 4. The van der Waals surface area contributed by atoms with Crippen LogP contribution in [0.2, 0.25) is 0 Å². The highest BCUT2D eigenvalue weighted by atomic mass is 16.7. The number of fused-ring (bicyclic) bond motifs is 6. The number of rotatable bonds is 14. The van der Waals surface area contributed by atoms with Crippen molar-refractivity contribution in [3.63, 3.8) is 0 Å². The molecule has 0 aromatic heterocycles. The molecule has 9 N–H and O–H groups in total. The fourth-order valence-electron chi connectivity index (χ4n) is 8.35. The summed E-state index contributed by atoms with van der Waals surface area (Å²) in [6.45, 7) is 0.0553. The molecule has 8 rings (SSSR count). The Morgan fingerprint density at radius 1 is 0.950 bits per heavy atom. The van der Waals surface area contributed by atoms with Crippen LogP contribution in [0, 0.1) is 0 Å². The van der Waals surface area contributed by atoms with Crippen LogP contribution in [0.25, 0.3) is 5.57 Å². The summed E-state index contributed by atoms with van der Waals surface area (Å²) in [4.78, 5) is 28.3. The van der Waals surface area contributed by atoms with Crippen LogP contribution in [-0.2, 0) is 25.5 Å². The molecule has 9 atom stereocenters. The Balaban J connectivity index is 1.24. The molecule has 0 saturated carbocycles. The number of para-hydroxylation sites is 1. The Bertz CT molecular complexity index is 2380. The molecule has 17 heteroatoms. The Hall–Kier alpha value is -5.79. The van der Waals surface area contributed by atoms with Gasteiger partial charge in [-0.3, -0.25) is 14.6 Å². The van der Waals surface area contributed by atoms with Gasteiger partial charge in [-0.15, -0.1) is 0 Å². The van der Waals surface area contributed by atoms with Crippen LogP contribution in [0.3, 0.4) is 0 Å². The summed E-state index contributed by atoms with van der Waals surface area (Å²) in [7, 11) is 1.52. The second-order valence-electron chi connectivity index (χ2n) is 14.9. The molecule has 4 aliphatic rings. The van der Waals surface area contributed by atoms with Crippen molar-refractivity contribution in [2.24, 2.45) is 16.5 Å². The van der Waals surface area contributed by atoms with Gasteiger partial charge in [0, 0.05) is 28.8 Å². The molecule has 4 aromatic carbocycles. The van der Waals surface area contributed by atoms with E-state index in [4.69, 9.17) is 54.7 Å². The summed E-state index contributed by atoms with van der Waals surface area (Å²) < 4.78 is 43.1. The standard InChI is InChI=1S/C43H45N3O14/c1-54-27-12-11-23-32-28(15-20-7-3-2-4-8-20)57-29-17-21(56-43-36(53)34(51)35(52)40(60-43)41(42(44)45)58-31(50)18-30(48)49)16-24(25-19-46-26-10-6-5-9-22(25)26)33(29)39(32)59-37(23)38(27)55-14-13-47/h2-12,16-17,28,32,34-36,39-43,47,51-53H,13-15,18-19,44-45H2,1H3,(H,48,49)/t28-,32-,34+,35+,36-,39-,40+,41+,43-/m1/s1. The maximum atomic E-state index is 12.4. The molecule has 60 heavy (non-hydrogen) atoms. The van der Waals surface area contributed by atoms with Gasteiger partial charge in [-0.1, -0.05) is 54.6 Å². The third-order valence-electron chi connectivity index (χ3n) is 11.0. The number of carbonyl (C=O) groups excluding carboxylic acids is 1. The number of methoxy groups -OCH3 is 1. The third-order valence-corrected chi connectivity index (χ3v) is 11.0. The first kappa shape index (κ1) is 41.0. The number of hydrogen-bond donors (Lipinski definition) is 7. The van der Waals surface area contributed by atoms with Crippen LogP contribution in [0.15, 0.2) is 83.9 Å². The van der Waals surface area contributed by atoms with E-state index in [1.165, 1.54) is 7.11 Å². The van der Waals surface area contributed by atoms with Crippen LogP contribution < -0.4 is 45.7 Å². The molecular formula is C43H45N3O14. The normalized spacial score (nSPS) is 25.4. The number of nitrogens with zero attached hydrogens (tertiary/aromatic N) is 1. The largest absolute Gasteiger partial charge is 0.493 e. The molecular weight excluding hydrogens is 782 g/mol. The van der Waals surface area contributed by atoms with Crippen molar-refractivity contribution >= 4 is 17.5 Å². The Labute approximate surface area is 342 Å². The highest BCUT2D eigenvalue weighted by Crippen LogP contribution is 2.60. The number of esters is 1. The molecule has 1 saturated heterocycles. The first-order valence-corrected chi connectivity index (χ1v) is 19.4. The summed E-state index contributed by atoms with van der Waals surface area (Å²) in [5.74, 6) is -1.34. The maximum absolute atomic E-state index is 12.4. The van der Waals surface area contributed by atoms with E-state index in [1.54, 1.807) is 18.2 Å². The van der Waals surface area contributed by atoms with Gasteiger partial charge in [0.25, 0.3) is 0 Å². The quantitative estimate of drug-likeness (QED) is 0.0499. The van der Waals surface area contributed by atoms with Crippen molar-refractivity contribution in [2.45, 2.75) is 73.9 Å². The van der Waals surface area contributed by atoms with Gasteiger partial charge in [0.1, 0.15) is 61.2 Å². The van der Waals surface area contributed by atoms with Crippen molar-refractivity contribution < 1.29 is 68.3 Å². The van der Waals surface area contributed by atoms with E-state index < -0.39 is 73.5 Å². The van der Waals surface area contributed by atoms with Crippen LogP contribution in [0.1, 0.15) is 40.7 Å². The summed E-state index contributed by atoms with van der Waals surface area (Å²) >= 11 is 0. The van der Waals surface area contributed by atoms with Crippen LogP contribution in [0.4, 0.5) is 0 Å². The number of hydrogen-bond acceptors (Lipinski definition) is 16. The van der Waals surface area contributed by atoms with E-state index in [0.29, 0.717) is 47.1 Å². The van der Waals surface area contributed by atoms with Crippen LogP contribution >= 0.6 is 0 Å². The number of ether oxygens (including phenoxy) is 7. The zero-order valence-electron chi connectivity index (χ0n) is 32.3. The minimum atomic E-state index is -1.91. The number of carbonyl (C=O) groups is 2. The third kappa shape index (κ3) is 7.72. The smallest absolute Gasteiger partial charge is 0.317 e. The molecule has 4 aromatic rings. The lowest BCUT2D eigenvalue weighted by Gasteiger charge is -2.43. The Morgan fingerprint density at radius 3 is 2.45 bits per heavy atom. The zero-order valence-corrected chi connectivity index (χ0v) is 32.3. The minimum absolute atomic E-state index is 0.00139. The SMILES string of the molecule is COc1ccc2c(c1OCCO)O[C@H]1c3c(cc(O[C@@H]4O[C@H]([C@H](OC(=O)CC(=O)O)C(N)N)[C@@H](O)[C@H](O)[C@H]4O)cc3C3=c4ccccc4=NC3)O[C@H](Cc3ccccc3)[C@@H]21. The number of aliphatic hydroxyl groups is 4. The molecule has 17 nitrogen and oxygen atoms in total. The van der Waals surface area contributed by atoms with Crippen molar-refractivity contribution in [2.75, 3.05) is 26.9 Å². The second-order valence-corrected chi connectivity index (χ2v) is 14.9. The first-order valence-electron chi connectivity index (χ1n) is 19.4. The number of nitrogens with two attached hydrogens (primary N) is 2. The molecule has 1 fully saturated rings. The van der Waals surface area contributed by atoms with E-state index in [2.05, 4.69) is 0 Å². The van der Waals surface area contributed by atoms with Crippen molar-refractivity contribution in [3.8, 4) is 28.7 Å². The van der Waals surface area contributed by atoms with Crippen molar-refractivity contribution in [3.05, 3.63) is 112 Å². The van der Waals surface area contributed by atoms with Crippen LogP contribution in [-0.4, -0.2) is 113 Å². The zero-order chi connectivity index (χ0) is 42.2. The van der Waals surface area contributed by atoms with E-state index >= 15 is 0 Å². The van der Waals surface area contributed by atoms with Gasteiger partial charge in [0.15, 0.2) is 17.6 Å². The van der Waals surface area contributed by atoms with Crippen molar-refractivity contribution in [1.82, 2.24) is 0 Å². The highest BCUT2D eigenvalue weighted by Gasteiger charge is 2.52. The molecule has 316 valence electrons. The number of aliphatic carboxylic acids is 1. The van der Waals surface area contributed by atoms with Gasteiger partial charge >= 0.3 is 11.9 Å². The summed E-state index contributed by atoms with van der Waals surface area (Å²) in [6.07, 6.45) is -13.9. The van der Waals surface area contributed by atoms with E-state index in [-0.39, 0.29) is 24.9 Å². The fourth-order valence-corrected chi connectivity index (χ4v) is 8.35. The number of aliphatic hydroxyl groups excluding tert-OH is 4. The van der Waals surface area contributed by atoms with Gasteiger partial charge in [0.05, 0.1) is 37.7 Å².